The molecule has 0 aliphatic carbocycles. The third-order valence-corrected chi connectivity index (χ3v) is 3.93. The Morgan fingerprint density at radius 2 is 2.19 bits per heavy atom. The summed E-state index contributed by atoms with van der Waals surface area (Å²) < 4.78 is 0. The lowest BCUT2D eigenvalue weighted by Crippen LogP contribution is -2.38. The van der Waals surface area contributed by atoms with Crippen LogP contribution in [0.1, 0.15) is 48.7 Å². The van der Waals surface area contributed by atoms with Crippen LogP contribution in [-0.4, -0.2) is 40.6 Å². The number of aromatic nitrogens is 1. The van der Waals surface area contributed by atoms with Gasteiger partial charge >= 0.3 is 0 Å². The molecule has 1 aromatic heterocycles. The van der Waals surface area contributed by atoms with E-state index in [1.807, 2.05) is 11.0 Å². The van der Waals surface area contributed by atoms with Crippen LogP contribution in [-0.2, 0) is 0 Å². The van der Waals surface area contributed by atoms with E-state index >= 15 is 0 Å². The molecule has 0 unspecified atom stereocenters. The molecule has 1 aliphatic heterocycles. The number of hydrogen-bond donors (Lipinski definition) is 1. The van der Waals surface area contributed by atoms with Gasteiger partial charge in [-0.15, -0.1) is 0 Å². The van der Waals surface area contributed by atoms with Gasteiger partial charge in [0.05, 0.1) is 6.61 Å². The Kier molecular flexibility index (Phi) is 5.77. The molecule has 1 aliphatic rings. The van der Waals surface area contributed by atoms with E-state index in [4.69, 9.17) is 5.11 Å². The maximum Gasteiger partial charge on any atom is 0.272 e. The van der Waals surface area contributed by atoms with Crippen LogP contribution in [0, 0.1) is 17.8 Å². The summed E-state index contributed by atoms with van der Waals surface area (Å²) in [5.41, 5.74) is 1.25. The maximum atomic E-state index is 12.4. The van der Waals surface area contributed by atoms with Crippen LogP contribution in [0.3, 0.4) is 0 Å². The van der Waals surface area contributed by atoms with Crippen molar-refractivity contribution < 1.29 is 9.90 Å². The molecule has 4 heteroatoms. The number of pyridine rings is 1. The maximum absolute atomic E-state index is 12.4. The molecule has 112 valence electrons. The number of likely N-dealkylation sites (tertiary alicyclic amines) is 1. The number of aliphatic hydroxyl groups is 1. The van der Waals surface area contributed by atoms with Crippen molar-refractivity contribution in [3.63, 3.8) is 0 Å². The number of nitrogens with zero attached hydrogens (tertiary/aromatic N) is 2. The van der Waals surface area contributed by atoms with Crippen molar-refractivity contribution >= 4 is 5.91 Å². The summed E-state index contributed by atoms with van der Waals surface area (Å²) in [6.07, 6.45) is 5.45. The summed E-state index contributed by atoms with van der Waals surface area (Å²) in [5.74, 6) is 6.52. The van der Waals surface area contributed by atoms with E-state index in [2.05, 4.69) is 23.7 Å². The summed E-state index contributed by atoms with van der Waals surface area (Å²) in [6, 6.07) is 3.54. The van der Waals surface area contributed by atoms with Gasteiger partial charge in [-0.3, -0.25) is 4.79 Å². The molecular formula is C17H22N2O2. The Labute approximate surface area is 126 Å². The predicted molar refractivity (Wildman–Crippen MR) is 81.7 cm³/mol. The molecule has 0 spiro atoms. The average Bonchev–Trinajstić information content (AvgIpc) is 2.55. The third-order valence-electron chi connectivity index (χ3n) is 3.93. The lowest BCUT2D eigenvalue weighted by molar-refractivity contribution is 0.0683. The van der Waals surface area contributed by atoms with E-state index < -0.39 is 0 Å². The highest BCUT2D eigenvalue weighted by Crippen LogP contribution is 2.21. The number of carbonyl (C=O) groups excluding carboxylic acids is 1. The minimum atomic E-state index is 0.0134. The molecule has 1 aromatic rings. The number of hydrogen-bond acceptors (Lipinski definition) is 3. The molecule has 0 bridgehead atoms. The summed E-state index contributed by atoms with van der Waals surface area (Å²) in [6.45, 7) is 3.93. The molecule has 1 amide bonds. The van der Waals surface area contributed by atoms with Crippen molar-refractivity contribution in [1.82, 2.24) is 9.88 Å². The topological polar surface area (TPSA) is 53.4 Å². The van der Waals surface area contributed by atoms with E-state index in [0.29, 0.717) is 12.1 Å². The zero-order chi connectivity index (χ0) is 15.1. The lowest BCUT2D eigenvalue weighted by Gasteiger charge is -2.31. The summed E-state index contributed by atoms with van der Waals surface area (Å²) in [4.78, 5) is 18.5. The van der Waals surface area contributed by atoms with Crippen LogP contribution in [0.15, 0.2) is 18.3 Å². The fourth-order valence-electron chi connectivity index (χ4n) is 2.52. The standard InChI is InChI=1S/C17H22N2O2/c1-2-14-8-10-19(11-9-14)17(21)16-7-6-15(13-18-16)5-3-4-12-20/h6-7,13-14,20H,2,4,8-12H2,1H3. The minimum absolute atomic E-state index is 0.0134. The van der Waals surface area contributed by atoms with E-state index in [-0.39, 0.29) is 12.5 Å². The zero-order valence-corrected chi connectivity index (χ0v) is 12.5. The molecular weight excluding hydrogens is 264 g/mol. The zero-order valence-electron chi connectivity index (χ0n) is 12.5. The van der Waals surface area contributed by atoms with Gasteiger partial charge < -0.3 is 10.0 Å². The number of amides is 1. The Morgan fingerprint density at radius 1 is 1.43 bits per heavy atom. The number of rotatable bonds is 3. The van der Waals surface area contributed by atoms with Crippen LogP contribution in [0.25, 0.3) is 0 Å². The molecule has 0 atom stereocenters. The van der Waals surface area contributed by atoms with Crippen LogP contribution in [0.2, 0.25) is 0 Å². The second kappa shape index (κ2) is 7.80. The van der Waals surface area contributed by atoms with E-state index in [1.54, 1.807) is 12.3 Å². The van der Waals surface area contributed by atoms with E-state index in [9.17, 15) is 4.79 Å². The lowest BCUT2D eigenvalue weighted by atomic mass is 9.94. The first-order valence-corrected chi connectivity index (χ1v) is 7.59. The number of aliphatic hydroxyl groups excluding tert-OH is 1. The number of piperidine rings is 1. The SMILES string of the molecule is CCC1CCN(C(=O)c2ccc(C#CCCO)cn2)CC1. The largest absolute Gasteiger partial charge is 0.395 e. The highest BCUT2D eigenvalue weighted by atomic mass is 16.2. The first-order chi connectivity index (χ1) is 10.2. The van der Waals surface area contributed by atoms with Gasteiger partial charge in [-0.05, 0) is 30.9 Å². The molecule has 0 radical (unpaired) electrons. The monoisotopic (exact) mass is 286 g/mol. The summed E-state index contributed by atoms with van der Waals surface area (Å²) in [5, 5.41) is 8.67. The van der Waals surface area contributed by atoms with Gasteiger partial charge in [0.15, 0.2) is 0 Å². The van der Waals surface area contributed by atoms with Gasteiger partial charge in [-0.1, -0.05) is 25.2 Å². The Hall–Kier alpha value is -1.86. The summed E-state index contributed by atoms with van der Waals surface area (Å²) >= 11 is 0. The highest BCUT2D eigenvalue weighted by Gasteiger charge is 2.23. The third kappa shape index (κ3) is 4.30. The van der Waals surface area contributed by atoms with Crippen molar-refractivity contribution in [1.29, 1.82) is 0 Å². The van der Waals surface area contributed by atoms with Gasteiger partial charge in [0.2, 0.25) is 0 Å². The molecule has 4 nitrogen and oxygen atoms in total. The first-order valence-electron chi connectivity index (χ1n) is 7.59. The molecule has 2 heterocycles. The quantitative estimate of drug-likeness (QED) is 0.866. The Morgan fingerprint density at radius 3 is 2.76 bits per heavy atom. The van der Waals surface area contributed by atoms with Gasteiger partial charge in [0.1, 0.15) is 5.69 Å². The second-order valence-corrected chi connectivity index (χ2v) is 5.35. The fourth-order valence-corrected chi connectivity index (χ4v) is 2.52. The molecule has 0 saturated carbocycles. The van der Waals surface area contributed by atoms with Crippen LogP contribution >= 0.6 is 0 Å². The van der Waals surface area contributed by atoms with Gasteiger partial charge in [-0.25, -0.2) is 4.98 Å². The van der Waals surface area contributed by atoms with Gasteiger partial charge in [0.25, 0.3) is 5.91 Å². The molecule has 2 rings (SSSR count). The van der Waals surface area contributed by atoms with Crippen LogP contribution in [0.4, 0.5) is 0 Å². The smallest absolute Gasteiger partial charge is 0.272 e. The Balaban J connectivity index is 1.96. The van der Waals surface area contributed by atoms with Crippen molar-refractivity contribution in [3.05, 3.63) is 29.6 Å². The fraction of sp³-hybridized carbons (Fsp3) is 0.529. The molecule has 1 N–H and O–H groups in total. The number of carbonyl (C=O) groups is 1. The van der Waals surface area contributed by atoms with Crippen molar-refractivity contribution in [3.8, 4) is 11.8 Å². The van der Waals surface area contributed by atoms with E-state index in [1.165, 1.54) is 6.42 Å². The average molecular weight is 286 g/mol. The molecule has 1 fully saturated rings. The molecule has 0 aromatic carbocycles. The van der Waals surface area contributed by atoms with Crippen LogP contribution in [0.5, 0.6) is 0 Å². The normalized spacial score (nSPS) is 15.4. The van der Waals surface area contributed by atoms with E-state index in [0.717, 1.165) is 37.4 Å². The van der Waals surface area contributed by atoms with Crippen molar-refractivity contribution in [2.75, 3.05) is 19.7 Å². The highest BCUT2D eigenvalue weighted by molar-refractivity contribution is 5.92. The van der Waals surface area contributed by atoms with Gasteiger partial charge in [0, 0.05) is 31.3 Å². The van der Waals surface area contributed by atoms with Gasteiger partial charge in [-0.2, -0.15) is 0 Å². The molecule has 1 saturated heterocycles. The molecule has 21 heavy (non-hydrogen) atoms. The predicted octanol–water partition coefficient (Wildman–Crippen LogP) is 2.08. The summed E-state index contributed by atoms with van der Waals surface area (Å²) in [7, 11) is 0. The van der Waals surface area contributed by atoms with Crippen LogP contribution < -0.4 is 0 Å². The first kappa shape index (κ1) is 15.5. The van der Waals surface area contributed by atoms with Crippen molar-refractivity contribution in [2.24, 2.45) is 5.92 Å². The Bertz CT molecular complexity index is 520. The van der Waals surface area contributed by atoms with Crippen molar-refractivity contribution in [2.45, 2.75) is 32.6 Å². The second-order valence-electron chi connectivity index (χ2n) is 5.35. The minimum Gasteiger partial charge on any atom is -0.395 e.